The lowest BCUT2D eigenvalue weighted by Crippen LogP contribution is -1.78. The van der Waals surface area contributed by atoms with Crippen LogP contribution >= 0.6 is 11.6 Å². The summed E-state index contributed by atoms with van der Waals surface area (Å²) in [7, 11) is 0. The molecule has 13 heavy (non-hydrogen) atoms. The van der Waals surface area contributed by atoms with Gasteiger partial charge in [0.25, 0.3) is 0 Å². The van der Waals surface area contributed by atoms with Crippen molar-refractivity contribution in [2.45, 2.75) is 19.7 Å². The first-order valence-corrected chi connectivity index (χ1v) is 4.89. The minimum atomic E-state index is 0.555. The molecule has 1 heterocycles. The number of aromatic amines is 1. The first-order chi connectivity index (χ1) is 6.22. The van der Waals surface area contributed by atoms with Gasteiger partial charge in [0, 0.05) is 16.6 Å². The van der Waals surface area contributed by atoms with Crippen LogP contribution in [0.25, 0.3) is 10.9 Å². The fraction of sp³-hybridized carbons (Fsp3) is 0.273. The number of aromatic nitrogens is 1. The van der Waals surface area contributed by atoms with Crippen molar-refractivity contribution in [2.75, 3.05) is 0 Å². The number of hydrogen-bond acceptors (Lipinski definition) is 0. The standard InChI is InChI=1S/C11H12ClN/c1-7-3-4-10-9(5-7)8(2)11(6-12)13-10/h3-5,13H,6H2,1-2H3. The zero-order chi connectivity index (χ0) is 9.42. The molecule has 2 rings (SSSR count). The maximum Gasteiger partial charge on any atom is 0.0628 e. The van der Waals surface area contributed by atoms with Gasteiger partial charge >= 0.3 is 0 Å². The zero-order valence-corrected chi connectivity index (χ0v) is 8.57. The molecule has 0 aliphatic carbocycles. The third-order valence-corrected chi connectivity index (χ3v) is 2.72. The quantitative estimate of drug-likeness (QED) is 0.667. The normalized spacial score (nSPS) is 11.0. The highest BCUT2D eigenvalue weighted by Gasteiger charge is 2.05. The Kier molecular flexibility index (Phi) is 2.04. The monoisotopic (exact) mass is 193 g/mol. The molecular formula is C11H12ClN. The summed E-state index contributed by atoms with van der Waals surface area (Å²) in [6.45, 7) is 4.21. The van der Waals surface area contributed by atoms with Gasteiger partial charge in [-0.15, -0.1) is 11.6 Å². The summed E-state index contributed by atoms with van der Waals surface area (Å²) in [5, 5.41) is 1.29. The van der Waals surface area contributed by atoms with E-state index in [0.717, 1.165) is 5.69 Å². The molecule has 68 valence electrons. The summed E-state index contributed by atoms with van der Waals surface area (Å²) in [5.74, 6) is 0.555. The molecule has 1 nitrogen and oxygen atoms in total. The van der Waals surface area contributed by atoms with Crippen molar-refractivity contribution in [3.8, 4) is 0 Å². The topological polar surface area (TPSA) is 15.8 Å². The van der Waals surface area contributed by atoms with Crippen LogP contribution in [0, 0.1) is 13.8 Å². The van der Waals surface area contributed by atoms with Gasteiger partial charge in [-0.25, -0.2) is 0 Å². The zero-order valence-electron chi connectivity index (χ0n) is 7.82. The number of alkyl halides is 1. The maximum atomic E-state index is 5.81. The van der Waals surface area contributed by atoms with Crippen LogP contribution in [0.3, 0.4) is 0 Å². The fourth-order valence-corrected chi connectivity index (χ4v) is 1.90. The predicted octanol–water partition coefficient (Wildman–Crippen LogP) is 3.52. The largest absolute Gasteiger partial charge is 0.357 e. The molecule has 1 aromatic carbocycles. The summed E-state index contributed by atoms with van der Waals surface area (Å²) >= 11 is 5.81. The van der Waals surface area contributed by atoms with E-state index in [1.165, 1.54) is 22.0 Å². The van der Waals surface area contributed by atoms with Gasteiger partial charge in [-0.05, 0) is 31.5 Å². The van der Waals surface area contributed by atoms with Gasteiger partial charge in [0.2, 0.25) is 0 Å². The lowest BCUT2D eigenvalue weighted by molar-refractivity contribution is 1.21. The van der Waals surface area contributed by atoms with E-state index in [0.29, 0.717) is 5.88 Å². The van der Waals surface area contributed by atoms with Crippen LogP contribution in [0.1, 0.15) is 16.8 Å². The van der Waals surface area contributed by atoms with Crippen LogP contribution in [0.15, 0.2) is 18.2 Å². The number of fused-ring (bicyclic) bond motifs is 1. The number of rotatable bonds is 1. The molecule has 0 radical (unpaired) electrons. The second-order valence-corrected chi connectivity index (χ2v) is 3.68. The molecule has 1 N–H and O–H groups in total. The molecule has 0 amide bonds. The van der Waals surface area contributed by atoms with E-state index >= 15 is 0 Å². The molecular weight excluding hydrogens is 182 g/mol. The molecule has 0 saturated carbocycles. The SMILES string of the molecule is Cc1ccc2[nH]c(CCl)c(C)c2c1. The molecule has 2 heteroatoms. The van der Waals surface area contributed by atoms with E-state index in [2.05, 4.69) is 37.0 Å². The van der Waals surface area contributed by atoms with Gasteiger partial charge in [0.1, 0.15) is 0 Å². The van der Waals surface area contributed by atoms with Gasteiger partial charge in [0.05, 0.1) is 5.88 Å². The van der Waals surface area contributed by atoms with Crippen LogP contribution in [-0.4, -0.2) is 4.98 Å². The predicted molar refractivity (Wildman–Crippen MR) is 57.3 cm³/mol. The molecule has 0 spiro atoms. The molecule has 0 bridgehead atoms. The Morgan fingerprint density at radius 1 is 1.31 bits per heavy atom. The van der Waals surface area contributed by atoms with Crippen LogP contribution in [0.4, 0.5) is 0 Å². The Hall–Kier alpha value is -0.950. The van der Waals surface area contributed by atoms with Gasteiger partial charge in [-0.2, -0.15) is 0 Å². The number of aryl methyl sites for hydroxylation is 2. The average molecular weight is 194 g/mol. The maximum absolute atomic E-state index is 5.81. The number of benzene rings is 1. The molecule has 0 aliphatic heterocycles. The van der Waals surface area contributed by atoms with Crippen LogP contribution in [0.5, 0.6) is 0 Å². The van der Waals surface area contributed by atoms with E-state index < -0.39 is 0 Å². The average Bonchev–Trinajstić information content (AvgIpc) is 2.44. The molecule has 1 aromatic heterocycles. The summed E-state index contributed by atoms with van der Waals surface area (Å²) < 4.78 is 0. The van der Waals surface area contributed by atoms with E-state index in [-0.39, 0.29) is 0 Å². The Morgan fingerprint density at radius 2 is 2.08 bits per heavy atom. The van der Waals surface area contributed by atoms with Gasteiger partial charge in [-0.3, -0.25) is 0 Å². The van der Waals surface area contributed by atoms with Crippen molar-refractivity contribution >= 4 is 22.5 Å². The second kappa shape index (κ2) is 3.08. The molecule has 0 unspecified atom stereocenters. The Balaban J connectivity index is 2.77. The van der Waals surface area contributed by atoms with Crippen molar-refractivity contribution in [3.63, 3.8) is 0 Å². The Morgan fingerprint density at radius 3 is 2.77 bits per heavy atom. The second-order valence-electron chi connectivity index (χ2n) is 3.41. The molecule has 0 aliphatic rings. The minimum absolute atomic E-state index is 0.555. The van der Waals surface area contributed by atoms with Crippen LogP contribution in [0.2, 0.25) is 0 Å². The lowest BCUT2D eigenvalue weighted by Gasteiger charge is -1.93. The van der Waals surface area contributed by atoms with E-state index in [9.17, 15) is 0 Å². The van der Waals surface area contributed by atoms with Crippen molar-refractivity contribution in [1.82, 2.24) is 4.98 Å². The number of hydrogen-bond donors (Lipinski definition) is 1. The lowest BCUT2D eigenvalue weighted by atomic mass is 10.1. The van der Waals surface area contributed by atoms with Crippen LogP contribution < -0.4 is 0 Å². The third kappa shape index (κ3) is 1.33. The van der Waals surface area contributed by atoms with Crippen LogP contribution in [-0.2, 0) is 5.88 Å². The minimum Gasteiger partial charge on any atom is -0.357 e. The molecule has 2 aromatic rings. The first kappa shape index (κ1) is 8.64. The van der Waals surface area contributed by atoms with Crippen molar-refractivity contribution in [1.29, 1.82) is 0 Å². The molecule has 0 saturated heterocycles. The Bertz CT molecular complexity index is 443. The number of H-pyrrole nitrogens is 1. The summed E-state index contributed by atoms with van der Waals surface area (Å²) in [4.78, 5) is 3.31. The smallest absolute Gasteiger partial charge is 0.0628 e. The van der Waals surface area contributed by atoms with Gasteiger partial charge in [0.15, 0.2) is 0 Å². The van der Waals surface area contributed by atoms with Crippen molar-refractivity contribution in [2.24, 2.45) is 0 Å². The molecule has 0 atom stereocenters. The fourth-order valence-electron chi connectivity index (χ4n) is 1.63. The van der Waals surface area contributed by atoms with Gasteiger partial charge < -0.3 is 4.98 Å². The van der Waals surface area contributed by atoms with E-state index in [4.69, 9.17) is 11.6 Å². The van der Waals surface area contributed by atoms with Crippen molar-refractivity contribution in [3.05, 3.63) is 35.0 Å². The number of nitrogens with one attached hydrogen (secondary N) is 1. The highest BCUT2D eigenvalue weighted by Crippen LogP contribution is 2.23. The van der Waals surface area contributed by atoms with Crippen molar-refractivity contribution < 1.29 is 0 Å². The van der Waals surface area contributed by atoms with E-state index in [1.807, 2.05) is 0 Å². The highest BCUT2D eigenvalue weighted by molar-refractivity contribution is 6.17. The summed E-state index contributed by atoms with van der Waals surface area (Å²) in [6, 6.07) is 6.40. The van der Waals surface area contributed by atoms with Gasteiger partial charge in [-0.1, -0.05) is 11.6 Å². The third-order valence-electron chi connectivity index (χ3n) is 2.45. The Labute approximate surface area is 82.7 Å². The summed E-state index contributed by atoms with van der Waals surface area (Å²) in [6.07, 6.45) is 0. The molecule has 0 fully saturated rings. The highest BCUT2D eigenvalue weighted by atomic mass is 35.5. The summed E-state index contributed by atoms with van der Waals surface area (Å²) in [5.41, 5.74) is 4.87. The number of halogens is 1. The first-order valence-electron chi connectivity index (χ1n) is 4.36. The van der Waals surface area contributed by atoms with E-state index in [1.54, 1.807) is 0 Å².